The lowest BCUT2D eigenvalue weighted by Crippen LogP contribution is -2.46. The fraction of sp³-hybridized carbons (Fsp3) is 0.619. The molecule has 6 heteroatoms. The molecular weight excluding hydrogens is 360 g/mol. The van der Waals surface area contributed by atoms with Crippen LogP contribution in [0.4, 0.5) is 0 Å². The standard InChI is InChI=1S/C21H27ClN4O/c22-17-5-7-20-23-18(8-21(27)26(20)12-17)13-24-9-16-4-6-19(14-24)25(11-16)10-15-2-1-3-15/h5,7-8,12,15-16,19H,1-4,6,9-11,13-14H2/t16-,19+/m0/s1. The molecular formula is C21H27ClN4O. The first-order valence-electron chi connectivity index (χ1n) is 10.3. The van der Waals surface area contributed by atoms with Gasteiger partial charge < -0.3 is 0 Å². The quantitative estimate of drug-likeness (QED) is 0.809. The van der Waals surface area contributed by atoms with Crippen LogP contribution >= 0.6 is 11.6 Å². The van der Waals surface area contributed by atoms with Gasteiger partial charge in [-0.05, 0) is 49.7 Å². The smallest absolute Gasteiger partial charge is 0.258 e. The highest BCUT2D eigenvalue weighted by Gasteiger charge is 2.36. The van der Waals surface area contributed by atoms with Crippen LogP contribution < -0.4 is 5.56 Å². The first kappa shape index (κ1) is 17.7. The van der Waals surface area contributed by atoms with E-state index in [1.54, 1.807) is 18.3 Å². The number of aromatic nitrogens is 2. The van der Waals surface area contributed by atoms with Crippen LogP contribution in [0.1, 0.15) is 37.8 Å². The lowest BCUT2D eigenvalue weighted by Gasteiger charge is -2.40. The van der Waals surface area contributed by atoms with Crippen molar-refractivity contribution in [2.24, 2.45) is 11.8 Å². The van der Waals surface area contributed by atoms with Gasteiger partial charge in [0.1, 0.15) is 5.65 Å². The summed E-state index contributed by atoms with van der Waals surface area (Å²) in [5.74, 6) is 1.69. The van der Waals surface area contributed by atoms with E-state index < -0.39 is 0 Å². The Labute approximate surface area is 164 Å². The summed E-state index contributed by atoms with van der Waals surface area (Å²) in [6.07, 6.45) is 8.57. The summed E-state index contributed by atoms with van der Waals surface area (Å²) in [7, 11) is 0. The predicted octanol–water partition coefficient (Wildman–Crippen LogP) is 3.04. The summed E-state index contributed by atoms with van der Waals surface area (Å²) in [5, 5.41) is 0.551. The molecule has 1 aliphatic carbocycles. The van der Waals surface area contributed by atoms with E-state index in [9.17, 15) is 4.79 Å². The third-order valence-electron chi connectivity index (χ3n) is 6.68. The van der Waals surface area contributed by atoms with Gasteiger partial charge in [0.25, 0.3) is 5.56 Å². The number of pyridine rings is 1. The van der Waals surface area contributed by atoms with Gasteiger partial charge in [-0.15, -0.1) is 0 Å². The molecule has 0 spiro atoms. The molecule has 144 valence electrons. The van der Waals surface area contributed by atoms with Gasteiger partial charge in [0.15, 0.2) is 0 Å². The van der Waals surface area contributed by atoms with Crippen molar-refractivity contribution in [2.45, 2.75) is 44.7 Å². The van der Waals surface area contributed by atoms with Gasteiger partial charge in [0, 0.05) is 51.0 Å². The highest BCUT2D eigenvalue weighted by Crippen LogP contribution is 2.33. The Morgan fingerprint density at radius 3 is 2.81 bits per heavy atom. The summed E-state index contributed by atoms with van der Waals surface area (Å²) >= 11 is 6.01. The van der Waals surface area contributed by atoms with Crippen LogP contribution in [0, 0.1) is 11.8 Å². The summed E-state index contributed by atoms with van der Waals surface area (Å²) < 4.78 is 1.53. The molecule has 0 unspecified atom stereocenters. The van der Waals surface area contributed by atoms with Gasteiger partial charge >= 0.3 is 0 Å². The molecule has 4 aliphatic rings. The lowest BCUT2D eigenvalue weighted by molar-refractivity contribution is 0.0890. The average molecular weight is 387 g/mol. The molecule has 2 atom stereocenters. The Morgan fingerprint density at radius 2 is 2.00 bits per heavy atom. The number of hydrogen-bond donors (Lipinski definition) is 0. The maximum absolute atomic E-state index is 12.5. The Balaban J connectivity index is 1.33. The van der Waals surface area contributed by atoms with Crippen LogP contribution in [0.2, 0.25) is 5.02 Å². The molecule has 0 aromatic carbocycles. The zero-order valence-electron chi connectivity index (χ0n) is 15.7. The van der Waals surface area contributed by atoms with Gasteiger partial charge in [-0.3, -0.25) is 19.0 Å². The first-order valence-corrected chi connectivity index (χ1v) is 10.7. The van der Waals surface area contributed by atoms with Crippen molar-refractivity contribution in [1.82, 2.24) is 19.2 Å². The van der Waals surface area contributed by atoms with E-state index in [4.69, 9.17) is 16.6 Å². The highest BCUT2D eigenvalue weighted by molar-refractivity contribution is 6.30. The monoisotopic (exact) mass is 386 g/mol. The van der Waals surface area contributed by atoms with Crippen LogP contribution in [-0.4, -0.2) is 51.4 Å². The Bertz CT molecular complexity index is 893. The minimum atomic E-state index is -0.0538. The molecule has 2 aromatic heterocycles. The average Bonchev–Trinajstić information content (AvgIpc) is 2.89. The van der Waals surface area contributed by atoms with Gasteiger partial charge in [-0.25, -0.2) is 4.98 Å². The topological polar surface area (TPSA) is 40.9 Å². The second-order valence-electron chi connectivity index (χ2n) is 8.70. The number of nitrogens with zero attached hydrogens (tertiary/aromatic N) is 4. The lowest BCUT2D eigenvalue weighted by atomic mass is 9.83. The fourth-order valence-electron chi connectivity index (χ4n) is 5.07. The number of fused-ring (bicyclic) bond motifs is 5. The highest BCUT2D eigenvalue weighted by atomic mass is 35.5. The van der Waals surface area contributed by atoms with Crippen molar-refractivity contribution >= 4 is 17.2 Å². The summed E-state index contributed by atoms with van der Waals surface area (Å²) in [6.45, 7) is 5.54. The molecule has 0 N–H and O–H groups in total. The van der Waals surface area contributed by atoms with Crippen molar-refractivity contribution in [3.05, 3.63) is 45.5 Å². The molecule has 27 heavy (non-hydrogen) atoms. The van der Waals surface area contributed by atoms with Crippen LogP contribution in [-0.2, 0) is 6.54 Å². The van der Waals surface area contributed by atoms with E-state index in [1.807, 2.05) is 6.07 Å². The van der Waals surface area contributed by atoms with Gasteiger partial charge in [-0.1, -0.05) is 18.0 Å². The first-order chi connectivity index (χ1) is 13.1. The van der Waals surface area contributed by atoms with Crippen molar-refractivity contribution in [3.8, 4) is 0 Å². The number of hydrogen-bond acceptors (Lipinski definition) is 4. The number of rotatable bonds is 4. The van der Waals surface area contributed by atoms with Crippen LogP contribution in [0.15, 0.2) is 29.2 Å². The van der Waals surface area contributed by atoms with Gasteiger partial charge in [-0.2, -0.15) is 0 Å². The zero-order chi connectivity index (χ0) is 18.4. The van der Waals surface area contributed by atoms with Crippen LogP contribution in [0.25, 0.3) is 5.65 Å². The molecule has 5 nitrogen and oxygen atoms in total. The van der Waals surface area contributed by atoms with E-state index in [1.165, 1.54) is 49.6 Å². The van der Waals surface area contributed by atoms with E-state index in [0.717, 1.165) is 37.2 Å². The van der Waals surface area contributed by atoms with Crippen LogP contribution in [0.3, 0.4) is 0 Å². The second-order valence-corrected chi connectivity index (χ2v) is 9.14. The van der Waals surface area contributed by atoms with Crippen molar-refractivity contribution < 1.29 is 0 Å². The molecule has 4 fully saturated rings. The van der Waals surface area contributed by atoms with E-state index >= 15 is 0 Å². The Kier molecular flexibility index (Phi) is 4.70. The summed E-state index contributed by atoms with van der Waals surface area (Å²) in [5.41, 5.74) is 1.49. The van der Waals surface area contributed by atoms with E-state index in [-0.39, 0.29) is 5.56 Å². The van der Waals surface area contributed by atoms with Crippen molar-refractivity contribution in [2.75, 3.05) is 26.2 Å². The molecule has 5 heterocycles. The molecule has 6 rings (SSSR count). The van der Waals surface area contributed by atoms with E-state index in [2.05, 4.69) is 9.80 Å². The summed E-state index contributed by atoms with van der Waals surface area (Å²) in [4.78, 5) is 22.5. The third kappa shape index (κ3) is 3.65. The van der Waals surface area contributed by atoms with Gasteiger partial charge in [0.2, 0.25) is 0 Å². The largest absolute Gasteiger partial charge is 0.299 e. The molecule has 0 amide bonds. The maximum Gasteiger partial charge on any atom is 0.258 e. The van der Waals surface area contributed by atoms with Gasteiger partial charge in [0.05, 0.1) is 10.7 Å². The number of piperidine rings is 1. The Hall–Kier alpha value is -1.43. The molecule has 3 saturated heterocycles. The van der Waals surface area contributed by atoms with E-state index in [0.29, 0.717) is 16.7 Å². The third-order valence-corrected chi connectivity index (χ3v) is 6.91. The second kappa shape index (κ2) is 7.19. The molecule has 2 aromatic rings. The number of halogens is 1. The molecule has 3 aliphatic heterocycles. The maximum atomic E-state index is 12.5. The fourth-order valence-corrected chi connectivity index (χ4v) is 5.23. The summed E-state index contributed by atoms with van der Waals surface area (Å²) in [6, 6.07) is 5.95. The zero-order valence-corrected chi connectivity index (χ0v) is 16.4. The minimum absolute atomic E-state index is 0.0538. The van der Waals surface area contributed by atoms with Crippen molar-refractivity contribution in [1.29, 1.82) is 0 Å². The SMILES string of the molecule is O=c1cc(CN2C[C@@H]3CC[C@H](C2)N(CC2CCC2)C3)nc2ccc(Cl)cn12. The van der Waals surface area contributed by atoms with Crippen LogP contribution in [0.5, 0.6) is 0 Å². The predicted molar refractivity (Wildman–Crippen MR) is 107 cm³/mol. The molecule has 2 bridgehead atoms. The molecule has 1 saturated carbocycles. The van der Waals surface area contributed by atoms with Crippen molar-refractivity contribution in [3.63, 3.8) is 0 Å². The molecule has 0 radical (unpaired) electrons. The Morgan fingerprint density at radius 1 is 1.11 bits per heavy atom. The minimum Gasteiger partial charge on any atom is -0.299 e. The normalized spacial score (nSPS) is 27.0.